The van der Waals surface area contributed by atoms with Gasteiger partial charge in [-0.15, -0.1) is 0 Å². The molecule has 0 aromatic carbocycles. The van der Waals surface area contributed by atoms with Gasteiger partial charge in [0.2, 0.25) is 5.88 Å². The summed E-state index contributed by atoms with van der Waals surface area (Å²) < 4.78 is 40.5. The van der Waals surface area contributed by atoms with Crippen molar-refractivity contribution in [1.82, 2.24) is 15.0 Å². The van der Waals surface area contributed by atoms with Gasteiger partial charge in [0.25, 0.3) is 5.91 Å². The van der Waals surface area contributed by atoms with E-state index in [4.69, 9.17) is 5.73 Å². The highest BCUT2D eigenvalue weighted by atomic mass is 19.4. The number of rotatable bonds is 5. The summed E-state index contributed by atoms with van der Waals surface area (Å²) in [7, 11) is 0. The van der Waals surface area contributed by atoms with Gasteiger partial charge in [-0.05, 0) is 11.6 Å². The van der Waals surface area contributed by atoms with Crippen molar-refractivity contribution in [2.24, 2.45) is 5.73 Å². The van der Waals surface area contributed by atoms with Crippen LogP contribution in [0.1, 0.15) is 21.9 Å². The van der Waals surface area contributed by atoms with Gasteiger partial charge in [0.1, 0.15) is 11.5 Å². The van der Waals surface area contributed by atoms with Crippen LogP contribution < -0.4 is 10.5 Å². The molecular weight excluding hydrogens is 301 g/mol. The second-order valence-electron chi connectivity index (χ2n) is 4.31. The first kappa shape index (κ1) is 15.7. The molecule has 9 heteroatoms. The molecule has 0 aliphatic rings. The summed E-state index contributed by atoms with van der Waals surface area (Å²) >= 11 is 0. The van der Waals surface area contributed by atoms with Crippen molar-refractivity contribution in [3.63, 3.8) is 0 Å². The Balaban J connectivity index is 2.02. The summed E-state index contributed by atoms with van der Waals surface area (Å²) in [6.07, 6.45) is -1.40. The van der Waals surface area contributed by atoms with E-state index in [1.165, 1.54) is 24.5 Å². The first-order valence-corrected chi connectivity index (χ1v) is 6.10. The third kappa shape index (κ3) is 4.69. The number of nitrogens with zero attached hydrogens (tertiary/aromatic N) is 3. The molecule has 0 saturated carbocycles. The number of hydrogen-bond acceptors (Lipinski definition) is 5. The molecule has 0 unspecified atom stereocenters. The Morgan fingerprint density at radius 3 is 2.59 bits per heavy atom. The fourth-order valence-electron chi connectivity index (χ4n) is 1.56. The Morgan fingerprint density at radius 2 is 2.00 bits per heavy atom. The maximum atomic E-state index is 12.0. The lowest BCUT2D eigenvalue weighted by molar-refractivity contribution is -0.154. The second kappa shape index (κ2) is 6.37. The second-order valence-corrected chi connectivity index (χ2v) is 4.31. The van der Waals surface area contributed by atoms with E-state index in [1.54, 1.807) is 6.07 Å². The van der Waals surface area contributed by atoms with E-state index in [2.05, 4.69) is 19.7 Å². The molecule has 6 nitrogen and oxygen atoms in total. The predicted molar refractivity (Wildman–Crippen MR) is 69.1 cm³/mol. The first-order valence-electron chi connectivity index (χ1n) is 6.10. The Bertz CT molecular complexity index is 659. The van der Waals surface area contributed by atoms with E-state index < -0.39 is 18.7 Å². The molecule has 0 spiro atoms. The number of halogens is 3. The van der Waals surface area contributed by atoms with Crippen molar-refractivity contribution in [3.8, 4) is 5.88 Å². The maximum absolute atomic E-state index is 12.0. The lowest BCUT2D eigenvalue weighted by Gasteiger charge is -2.08. The van der Waals surface area contributed by atoms with E-state index in [9.17, 15) is 18.0 Å². The van der Waals surface area contributed by atoms with Crippen LogP contribution in [-0.4, -0.2) is 33.6 Å². The van der Waals surface area contributed by atoms with Crippen molar-refractivity contribution in [3.05, 3.63) is 47.7 Å². The highest BCUT2D eigenvalue weighted by Crippen LogP contribution is 2.17. The quantitative estimate of drug-likeness (QED) is 0.903. The molecule has 2 aromatic heterocycles. The highest BCUT2D eigenvalue weighted by molar-refractivity contribution is 5.90. The summed E-state index contributed by atoms with van der Waals surface area (Å²) in [6, 6.07) is 4.25. The SMILES string of the molecule is NC(=O)c1ccnc(Cc2ccc(OCC(F)(F)F)nc2)n1. The van der Waals surface area contributed by atoms with Crippen LogP contribution in [0.15, 0.2) is 30.6 Å². The van der Waals surface area contributed by atoms with Crippen LogP contribution in [0.4, 0.5) is 13.2 Å². The van der Waals surface area contributed by atoms with Crippen molar-refractivity contribution >= 4 is 5.91 Å². The molecule has 0 radical (unpaired) electrons. The van der Waals surface area contributed by atoms with Crippen LogP contribution in [0.2, 0.25) is 0 Å². The van der Waals surface area contributed by atoms with Gasteiger partial charge in [-0.1, -0.05) is 6.07 Å². The van der Waals surface area contributed by atoms with Crippen molar-refractivity contribution in [2.75, 3.05) is 6.61 Å². The molecular formula is C13H11F3N4O2. The summed E-state index contributed by atoms with van der Waals surface area (Å²) in [4.78, 5) is 22.7. The number of carbonyl (C=O) groups is 1. The molecule has 0 aliphatic carbocycles. The molecule has 0 atom stereocenters. The molecule has 1 amide bonds. The molecule has 2 heterocycles. The number of carbonyl (C=O) groups excluding carboxylic acids is 1. The summed E-state index contributed by atoms with van der Waals surface area (Å²) in [5.41, 5.74) is 5.85. The van der Waals surface area contributed by atoms with E-state index in [0.29, 0.717) is 11.4 Å². The van der Waals surface area contributed by atoms with Crippen LogP contribution in [-0.2, 0) is 6.42 Å². The molecule has 2 aromatic rings. The number of ether oxygens (including phenoxy) is 1. The Kier molecular flexibility index (Phi) is 4.54. The average molecular weight is 312 g/mol. The van der Waals surface area contributed by atoms with Gasteiger partial charge in [-0.25, -0.2) is 15.0 Å². The zero-order valence-corrected chi connectivity index (χ0v) is 11.2. The molecule has 2 N–H and O–H groups in total. The molecule has 0 fully saturated rings. The topological polar surface area (TPSA) is 91.0 Å². The molecule has 0 saturated heterocycles. The Hall–Kier alpha value is -2.71. The number of alkyl halides is 3. The number of aromatic nitrogens is 3. The normalized spacial score (nSPS) is 11.2. The van der Waals surface area contributed by atoms with Crippen molar-refractivity contribution in [1.29, 1.82) is 0 Å². The molecule has 0 bridgehead atoms. The van der Waals surface area contributed by atoms with E-state index in [-0.39, 0.29) is 18.0 Å². The van der Waals surface area contributed by atoms with Crippen LogP contribution in [0, 0.1) is 0 Å². The van der Waals surface area contributed by atoms with Crippen LogP contribution >= 0.6 is 0 Å². The zero-order valence-electron chi connectivity index (χ0n) is 11.2. The van der Waals surface area contributed by atoms with Gasteiger partial charge in [-0.2, -0.15) is 13.2 Å². The van der Waals surface area contributed by atoms with E-state index in [1.807, 2.05) is 0 Å². The highest BCUT2D eigenvalue weighted by Gasteiger charge is 2.28. The minimum Gasteiger partial charge on any atom is -0.468 e. The lowest BCUT2D eigenvalue weighted by Crippen LogP contribution is -2.19. The number of nitrogens with two attached hydrogens (primary N) is 1. The van der Waals surface area contributed by atoms with E-state index in [0.717, 1.165) is 0 Å². The summed E-state index contributed by atoms with van der Waals surface area (Å²) in [5, 5.41) is 0. The standard InChI is InChI=1S/C13H11F3N4O2/c14-13(15,16)7-22-11-2-1-8(6-19-11)5-10-18-4-3-9(20-10)12(17)21/h1-4,6H,5,7H2,(H2,17,21). The predicted octanol–water partition coefficient (Wildman–Crippen LogP) is 1.50. The zero-order chi connectivity index (χ0) is 16.2. The minimum atomic E-state index is -4.41. The van der Waals surface area contributed by atoms with Gasteiger partial charge >= 0.3 is 6.18 Å². The Labute approximate surface area is 123 Å². The van der Waals surface area contributed by atoms with Crippen molar-refractivity contribution < 1.29 is 22.7 Å². The number of primary amides is 1. The first-order chi connectivity index (χ1) is 10.3. The summed E-state index contributed by atoms with van der Waals surface area (Å²) in [6.45, 7) is -1.40. The molecule has 2 rings (SSSR count). The smallest absolute Gasteiger partial charge is 0.422 e. The average Bonchev–Trinajstić information content (AvgIpc) is 2.46. The third-order valence-corrected chi connectivity index (χ3v) is 2.50. The molecule has 0 aliphatic heterocycles. The van der Waals surface area contributed by atoms with Crippen LogP contribution in [0.5, 0.6) is 5.88 Å². The van der Waals surface area contributed by atoms with Gasteiger partial charge in [-0.3, -0.25) is 4.79 Å². The molecule has 116 valence electrons. The van der Waals surface area contributed by atoms with Crippen molar-refractivity contribution in [2.45, 2.75) is 12.6 Å². The summed E-state index contributed by atoms with van der Waals surface area (Å²) in [5.74, 6) is -0.451. The van der Waals surface area contributed by atoms with Gasteiger partial charge in [0.05, 0.1) is 0 Å². The Morgan fingerprint density at radius 1 is 1.23 bits per heavy atom. The van der Waals surface area contributed by atoms with Gasteiger partial charge in [0.15, 0.2) is 6.61 Å². The fourth-order valence-corrected chi connectivity index (χ4v) is 1.56. The number of amides is 1. The van der Waals surface area contributed by atoms with E-state index >= 15 is 0 Å². The number of pyridine rings is 1. The number of hydrogen-bond donors (Lipinski definition) is 1. The maximum Gasteiger partial charge on any atom is 0.422 e. The third-order valence-electron chi connectivity index (χ3n) is 2.50. The van der Waals surface area contributed by atoms with Crippen LogP contribution in [0.25, 0.3) is 0 Å². The fraction of sp³-hybridized carbons (Fsp3) is 0.231. The van der Waals surface area contributed by atoms with Crippen LogP contribution in [0.3, 0.4) is 0 Å². The molecule has 22 heavy (non-hydrogen) atoms. The van der Waals surface area contributed by atoms with Gasteiger partial charge in [0, 0.05) is 24.9 Å². The monoisotopic (exact) mass is 312 g/mol. The largest absolute Gasteiger partial charge is 0.468 e. The lowest BCUT2D eigenvalue weighted by atomic mass is 10.2. The minimum absolute atomic E-state index is 0.0862. The van der Waals surface area contributed by atoms with Gasteiger partial charge < -0.3 is 10.5 Å².